The third kappa shape index (κ3) is 1.97. The molecule has 1 aliphatic heterocycles. The Balaban J connectivity index is 1.85. The third-order valence-electron chi connectivity index (χ3n) is 3.05. The van der Waals surface area contributed by atoms with E-state index in [0.29, 0.717) is 24.7 Å². The average molecular weight is 238 g/mol. The largest absolute Gasteiger partial charge is 0.423 e. The monoisotopic (exact) mass is 238 g/mol. The first-order valence-electron chi connectivity index (χ1n) is 5.62. The van der Waals surface area contributed by atoms with Gasteiger partial charge in [-0.15, -0.1) is 0 Å². The first-order valence-corrected chi connectivity index (χ1v) is 5.62. The number of para-hydroxylation sites is 2. The van der Waals surface area contributed by atoms with Crippen molar-refractivity contribution in [1.29, 1.82) is 0 Å². The molecule has 0 saturated carbocycles. The number of hydrogen-bond donors (Lipinski definition) is 0. The summed E-state index contributed by atoms with van der Waals surface area (Å²) in [5.41, 5.74) is 1.46. The second kappa shape index (κ2) is 3.68. The number of piperidine rings is 1. The number of oxazole rings is 1. The van der Waals surface area contributed by atoms with Crippen molar-refractivity contribution in [2.24, 2.45) is 0 Å². The van der Waals surface area contributed by atoms with Crippen LogP contribution in [0.4, 0.5) is 14.8 Å². The Morgan fingerprint density at radius 1 is 1.18 bits per heavy atom. The van der Waals surface area contributed by atoms with Crippen LogP contribution < -0.4 is 4.90 Å². The van der Waals surface area contributed by atoms with E-state index in [0.717, 1.165) is 5.52 Å². The highest BCUT2D eigenvalue weighted by molar-refractivity contribution is 5.74. The maximum atomic E-state index is 13.0. The topological polar surface area (TPSA) is 29.3 Å². The Bertz CT molecular complexity index is 495. The summed E-state index contributed by atoms with van der Waals surface area (Å²) in [6.45, 7) is 0.583. The summed E-state index contributed by atoms with van der Waals surface area (Å²) in [7, 11) is 0. The van der Waals surface area contributed by atoms with Crippen LogP contribution in [0.2, 0.25) is 0 Å². The van der Waals surface area contributed by atoms with Crippen LogP contribution in [0.1, 0.15) is 12.8 Å². The summed E-state index contributed by atoms with van der Waals surface area (Å²) in [6.07, 6.45) is -0.266. The highest BCUT2D eigenvalue weighted by Crippen LogP contribution is 2.31. The number of nitrogens with zero attached hydrogens (tertiary/aromatic N) is 2. The number of aromatic nitrogens is 1. The maximum absolute atomic E-state index is 13.0. The molecular weight excluding hydrogens is 226 g/mol. The minimum absolute atomic E-state index is 0.133. The fourth-order valence-corrected chi connectivity index (χ4v) is 2.02. The number of anilines is 1. The highest BCUT2D eigenvalue weighted by atomic mass is 19.3. The summed E-state index contributed by atoms with van der Waals surface area (Å²) in [4.78, 5) is 6.07. The number of hydrogen-bond acceptors (Lipinski definition) is 3. The van der Waals surface area contributed by atoms with Crippen molar-refractivity contribution in [1.82, 2.24) is 4.98 Å². The van der Waals surface area contributed by atoms with E-state index in [1.165, 1.54) is 0 Å². The van der Waals surface area contributed by atoms with Gasteiger partial charge in [-0.05, 0) is 12.1 Å². The van der Waals surface area contributed by atoms with Crippen molar-refractivity contribution in [2.45, 2.75) is 18.8 Å². The molecule has 1 fully saturated rings. The molecule has 3 nitrogen and oxygen atoms in total. The summed E-state index contributed by atoms with van der Waals surface area (Å²) in [5.74, 6) is -2.54. The fraction of sp³-hybridized carbons (Fsp3) is 0.417. The van der Waals surface area contributed by atoms with E-state index in [1.807, 2.05) is 24.3 Å². The minimum Gasteiger partial charge on any atom is -0.423 e. The second-order valence-corrected chi connectivity index (χ2v) is 4.31. The zero-order chi connectivity index (χ0) is 11.9. The molecule has 3 rings (SSSR count). The van der Waals surface area contributed by atoms with E-state index in [-0.39, 0.29) is 12.8 Å². The Morgan fingerprint density at radius 2 is 1.88 bits per heavy atom. The molecule has 2 heterocycles. The van der Waals surface area contributed by atoms with Crippen LogP contribution in [0.25, 0.3) is 11.1 Å². The lowest BCUT2D eigenvalue weighted by molar-refractivity contribution is -0.0226. The zero-order valence-electron chi connectivity index (χ0n) is 9.20. The molecule has 1 aromatic carbocycles. The first-order chi connectivity index (χ1) is 8.14. The van der Waals surface area contributed by atoms with Crippen LogP contribution in [0, 0.1) is 0 Å². The smallest absolute Gasteiger partial charge is 0.298 e. The summed E-state index contributed by atoms with van der Waals surface area (Å²) >= 11 is 0. The molecule has 90 valence electrons. The standard InChI is InChI=1S/C12H12F2N2O/c13-12(14)5-7-16(8-6-12)11-15-9-3-1-2-4-10(9)17-11/h1-4H,5-8H2. The van der Waals surface area contributed by atoms with Gasteiger partial charge in [0.15, 0.2) is 5.58 Å². The van der Waals surface area contributed by atoms with Crippen LogP contribution >= 0.6 is 0 Å². The molecule has 0 aliphatic carbocycles. The molecule has 0 bridgehead atoms. The van der Waals surface area contributed by atoms with Gasteiger partial charge in [0, 0.05) is 25.9 Å². The van der Waals surface area contributed by atoms with Crippen molar-refractivity contribution in [3.8, 4) is 0 Å². The van der Waals surface area contributed by atoms with Gasteiger partial charge in [-0.25, -0.2) is 8.78 Å². The Hall–Kier alpha value is -1.65. The van der Waals surface area contributed by atoms with E-state index < -0.39 is 5.92 Å². The van der Waals surface area contributed by atoms with Crippen LogP contribution in [0.15, 0.2) is 28.7 Å². The molecule has 0 N–H and O–H groups in total. The number of rotatable bonds is 1. The van der Waals surface area contributed by atoms with Crippen LogP contribution in [-0.2, 0) is 0 Å². The third-order valence-corrected chi connectivity index (χ3v) is 3.05. The van der Waals surface area contributed by atoms with Gasteiger partial charge in [0.2, 0.25) is 0 Å². The van der Waals surface area contributed by atoms with Crippen molar-refractivity contribution in [2.75, 3.05) is 18.0 Å². The van der Waals surface area contributed by atoms with E-state index in [1.54, 1.807) is 4.90 Å². The zero-order valence-corrected chi connectivity index (χ0v) is 9.20. The van der Waals surface area contributed by atoms with Gasteiger partial charge in [-0.3, -0.25) is 0 Å². The molecule has 5 heteroatoms. The SMILES string of the molecule is FC1(F)CCN(c2nc3ccccc3o2)CC1. The molecule has 0 unspecified atom stereocenters. The summed E-state index contributed by atoms with van der Waals surface area (Å²) in [6, 6.07) is 7.85. The fourth-order valence-electron chi connectivity index (χ4n) is 2.02. The maximum Gasteiger partial charge on any atom is 0.298 e. The number of benzene rings is 1. The highest BCUT2D eigenvalue weighted by Gasteiger charge is 2.35. The lowest BCUT2D eigenvalue weighted by Crippen LogP contribution is -2.39. The Labute approximate surface area is 97.0 Å². The van der Waals surface area contributed by atoms with Gasteiger partial charge in [-0.1, -0.05) is 12.1 Å². The van der Waals surface area contributed by atoms with Crippen LogP contribution in [0.5, 0.6) is 0 Å². The molecule has 1 saturated heterocycles. The van der Waals surface area contributed by atoms with Gasteiger partial charge in [0.05, 0.1) is 0 Å². The predicted octanol–water partition coefficient (Wildman–Crippen LogP) is 3.06. The van der Waals surface area contributed by atoms with E-state index in [4.69, 9.17) is 4.42 Å². The van der Waals surface area contributed by atoms with Gasteiger partial charge < -0.3 is 9.32 Å². The van der Waals surface area contributed by atoms with E-state index >= 15 is 0 Å². The van der Waals surface area contributed by atoms with Crippen LogP contribution in [-0.4, -0.2) is 24.0 Å². The normalized spacial score (nSPS) is 19.8. The lowest BCUT2D eigenvalue weighted by atomic mass is 10.1. The van der Waals surface area contributed by atoms with E-state index in [2.05, 4.69) is 4.98 Å². The predicted molar refractivity (Wildman–Crippen MR) is 60.4 cm³/mol. The Kier molecular flexibility index (Phi) is 2.28. The van der Waals surface area contributed by atoms with Crippen molar-refractivity contribution < 1.29 is 13.2 Å². The molecule has 17 heavy (non-hydrogen) atoms. The average Bonchev–Trinajstić information content (AvgIpc) is 2.72. The van der Waals surface area contributed by atoms with Gasteiger partial charge in [-0.2, -0.15) is 4.98 Å². The molecule has 0 amide bonds. The second-order valence-electron chi connectivity index (χ2n) is 4.31. The number of alkyl halides is 2. The molecule has 0 radical (unpaired) electrons. The minimum atomic E-state index is -2.54. The quantitative estimate of drug-likeness (QED) is 0.764. The molecule has 1 aliphatic rings. The summed E-state index contributed by atoms with van der Waals surface area (Å²) in [5, 5.41) is 0. The molecule has 2 aromatic rings. The summed E-state index contributed by atoms with van der Waals surface area (Å²) < 4.78 is 31.6. The molecule has 0 atom stereocenters. The van der Waals surface area contributed by atoms with Gasteiger partial charge >= 0.3 is 0 Å². The van der Waals surface area contributed by atoms with Gasteiger partial charge in [0.25, 0.3) is 11.9 Å². The molecule has 0 spiro atoms. The Morgan fingerprint density at radius 3 is 2.59 bits per heavy atom. The van der Waals surface area contributed by atoms with Gasteiger partial charge in [0.1, 0.15) is 5.52 Å². The number of halogens is 2. The van der Waals surface area contributed by atoms with Crippen LogP contribution in [0.3, 0.4) is 0 Å². The first kappa shape index (κ1) is 10.5. The van der Waals surface area contributed by atoms with Crippen molar-refractivity contribution >= 4 is 17.1 Å². The lowest BCUT2D eigenvalue weighted by Gasteiger charge is -2.30. The van der Waals surface area contributed by atoms with Crippen molar-refractivity contribution in [3.63, 3.8) is 0 Å². The molecular formula is C12H12F2N2O. The van der Waals surface area contributed by atoms with Crippen molar-refractivity contribution in [3.05, 3.63) is 24.3 Å². The number of fused-ring (bicyclic) bond motifs is 1. The van der Waals surface area contributed by atoms with E-state index in [9.17, 15) is 8.78 Å². The molecule has 1 aromatic heterocycles.